The number of carbonyl (C=O) groups is 2. The molecule has 9 heteroatoms. The minimum atomic E-state index is -1.74. The van der Waals surface area contributed by atoms with Crippen molar-refractivity contribution in [3.8, 4) is 0 Å². The highest BCUT2D eigenvalue weighted by Crippen LogP contribution is 2.33. The Balaban J connectivity index is 2.07. The van der Waals surface area contributed by atoms with E-state index < -0.39 is 36.7 Å². The average molecular weight is 774 g/mol. The molecule has 2 rings (SSSR count). The van der Waals surface area contributed by atoms with E-state index in [9.17, 15) is 24.9 Å². The van der Waals surface area contributed by atoms with Gasteiger partial charge >= 0.3 is 0 Å². The number of carbonyl (C=O) groups excluding carboxylic acids is 2. The molecule has 55 heavy (non-hydrogen) atoms. The van der Waals surface area contributed by atoms with Crippen LogP contribution in [0.25, 0.3) is 0 Å². The number of hydrogen-bond donors (Lipinski definition) is 5. The number of nitrogens with zero attached hydrogens (tertiary/aromatic N) is 1. The number of aliphatic hydroxyl groups is 3. The van der Waals surface area contributed by atoms with E-state index in [-0.39, 0.29) is 18.4 Å². The fourth-order valence-electron chi connectivity index (χ4n) is 8.05. The second kappa shape index (κ2) is 30.1. The second-order valence-electron chi connectivity index (χ2n) is 16.6. The Hall–Kier alpha value is -2.04. The molecule has 1 aliphatic heterocycles. The normalized spacial score (nSPS) is 20.4. The number of ether oxygens (including phenoxy) is 1. The molecular formula is C46H83N3O6. The zero-order valence-electron chi connectivity index (χ0n) is 35.4. The first-order chi connectivity index (χ1) is 26.7. The monoisotopic (exact) mass is 774 g/mol. The summed E-state index contributed by atoms with van der Waals surface area (Å²) in [6.45, 7) is 6.14. The highest BCUT2D eigenvalue weighted by Gasteiger charge is 2.52. The molecule has 0 unspecified atom stereocenters. The van der Waals surface area contributed by atoms with Crippen LogP contribution in [0.2, 0.25) is 0 Å². The number of benzene rings is 1. The maximum Gasteiger partial charge on any atom is 0.255 e. The van der Waals surface area contributed by atoms with Crippen LogP contribution in [0.4, 0.5) is 0 Å². The lowest BCUT2D eigenvalue weighted by molar-refractivity contribution is -0.278. The van der Waals surface area contributed by atoms with Crippen LogP contribution in [0.5, 0.6) is 0 Å². The van der Waals surface area contributed by atoms with E-state index in [1.165, 1.54) is 116 Å². The number of unbranched alkanes of at least 4 members (excludes halogenated alkanes) is 23. The molecule has 0 saturated carbocycles. The van der Waals surface area contributed by atoms with Gasteiger partial charge in [-0.05, 0) is 37.8 Å². The molecule has 1 aliphatic rings. The molecule has 1 heterocycles. The molecule has 0 radical (unpaired) electrons. The average Bonchev–Trinajstić information content (AvgIpc) is 3.16. The largest absolute Gasteiger partial charge is 0.394 e. The summed E-state index contributed by atoms with van der Waals surface area (Å²) in [6, 6.07) is 7.07. The van der Waals surface area contributed by atoms with Crippen LogP contribution < -0.4 is 11.1 Å². The van der Waals surface area contributed by atoms with Crippen LogP contribution in [0.1, 0.15) is 210 Å². The first-order valence-electron chi connectivity index (χ1n) is 22.8. The predicted molar refractivity (Wildman–Crippen MR) is 226 cm³/mol. The van der Waals surface area contributed by atoms with E-state index in [1.807, 2.05) is 19.1 Å². The van der Waals surface area contributed by atoms with Gasteiger partial charge in [0.25, 0.3) is 5.91 Å². The SMILES string of the molecule is CCCCCCCCCCCCCCCCCC(=O)N(CCCCCCCCCCCC)[C@@]1(NC(=O)c2ccccc2C[C@@H](C)N)C[C@@H](O)[C@H](O)[C@@H](CO)O1. The zero-order chi connectivity index (χ0) is 40.2. The third kappa shape index (κ3) is 19.8. The van der Waals surface area contributed by atoms with Crippen LogP contribution in [-0.4, -0.2) is 75.4 Å². The van der Waals surface area contributed by atoms with Crippen LogP contribution in [0.3, 0.4) is 0 Å². The topological polar surface area (TPSA) is 145 Å². The number of nitrogens with one attached hydrogen (secondary N) is 1. The minimum Gasteiger partial charge on any atom is -0.394 e. The lowest BCUT2D eigenvalue weighted by atomic mass is 9.95. The van der Waals surface area contributed by atoms with Gasteiger partial charge in [0, 0.05) is 31.0 Å². The number of aliphatic hydroxyl groups excluding tert-OH is 3. The summed E-state index contributed by atoms with van der Waals surface area (Å²) in [7, 11) is 0. The summed E-state index contributed by atoms with van der Waals surface area (Å²) < 4.78 is 6.36. The molecule has 0 bridgehead atoms. The van der Waals surface area contributed by atoms with Crippen molar-refractivity contribution in [3.63, 3.8) is 0 Å². The number of nitrogens with two attached hydrogens (primary N) is 1. The van der Waals surface area contributed by atoms with Crippen molar-refractivity contribution in [2.45, 2.75) is 231 Å². The standard InChI is InChI=1S/C46H83N3O6/c1-4-6-8-10-12-14-16-17-18-19-20-21-23-25-27-33-43(52)49(34-30-26-24-22-15-13-11-9-7-5-2)46(36-41(51)44(53)42(37-50)55-46)48-45(54)40-32-29-28-31-39(40)35-38(3)47/h28-29,31-32,38,41-42,44,50-51,53H,4-27,30,33-37,47H2,1-3H3,(H,48,54)/t38-,41-,42-,44+,46+/m1/s1. The van der Waals surface area contributed by atoms with Gasteiger partial charge in [0.05, 0.1) is 12.7 Å². The van der Waals surface area contributed by atoms with Crippen molar-refractivity contribution in [1.29, 1.82) is 0 Å². The molecule has 1 saturated heterocycles. The van der Waals surface area contributed by atoms with Gasteiger partial charge in [0.15, 0.2) is 0 Å². The van der Waals surface area contributed by atoms with Gasteiger partial charge in [0.2, 0.25) is 11.8 Å². The smallest absolute Gasteiger partial charge is 0.255 e. The molecule has 1 aromatic rings. The van der Waals surface area contributed by atoms with E-state index in [4.69, 9.17) is 10.5 Å². The molecule has 9 nitrogen and oxygen atoms in total. The highest BCUT2D eigenvalue weighted by atomic mass is 16.6. The van der Waals surface area contributed by atoms with Crippen molar-refractivity contribution in [2.24, 2.45) is 5.73 Å². The van der Waals surface area contributed by atoms with Gasteiger partial charge in [-0.15, -0.1) is 0 Å². The van der Waals surface area contributed by atoms with E-state index in [1.54, 1.807) is 17.0 Å². The van der Waals surface area contributed by atoms with Gasteiger partial charge in [-0.1, -0.05) is 180 Å². The summed E-state index contributed by atoms with van der Waals surface area (Å²) in [5.41, 5.74) is 7.30. The van der Waals surface area contributed by atoms with E-state index in [0.29, 0.717) is 31.4 Å². The lowest BCUT2D eigenvalue weighted by Gasteiger charge is -2.50. The fourth-order valence-corrected chi connectivity index (χ4v) is 8.05. The van der Waals surface area contributed by atoms with Crippen LogP contribution in [0.15, 0.2) is 24.3 Å². The van der Waals surface area contributed by atoms with E-state index in [0.717, 1.165) is 44.1 Å². The van der Waals surface area contributed by atoms with Gasteiger partial charge in [-0.3, -0.25) is 14.5 Å². The summed E-state index contributed by atoms with van der Waals surface area (Å²) in [6.07, 6.45) is 26.7. The molecule has 5 atom stereocenters. The lowest BCUT2D eigenvalue weighted by Crippen LogP contribution is -2.71. The third-order valence-electron chi connectivity index (χ3n) is 11.4. The molecule has 0 aromatic heterocycles. The van der Waals surface area contributed by atoms with Crippen molar-refractivity contribution >= 4 is 11.8 Å². The summed E-state index contributed by atoms with van der Waals surface area (Å²) in [5, 5.41) is 35.1. The molecule has 0 aliphatic carbocycles. The maximum absolute atomic E-state index is 14.3. The Kier molecular flexibility index (Phi) is 26.9. The van der Waals surface area contributed by atoms with Gasteiger partial charge in [0.1, 0.15) is 12.2 Å². The van der Waals surface area contributed by atoms with Gasteiger partial charge < -0.3 is 31.1 Å². The minimum absolute atomic E-state index is 0.157. The van der Waals surface area contributed by atoms with Crippen LogP contribution in [0, 0.1) is 0 Å². The number of hydrogen-bond acceptors (Lipinski definition) is 7. The number of rotatable bonds is 33. The molecule has 318 valence electrons. The summed E-state index contributed by atoms with van der Waals surface area (Å²) in [5.74, 6) is -2.35. The first-order valence-corrected chi connectivity index (χ1v) is 22.8. The molecule has 1 aromatic carbocycles. The maximum atomic E-state index is 14.3. The summed E-state index contributed by atoms with van der Waals surface area (Å²) in [4.78, 5) is 30.0. The Morgan fingerprint density at radius 2 is 1.22 bits per heavy atom. The molecule has 2 amide bonds. The Morgan fingerprint density at radius 3 is 1.69 bits per heavy atom. The van der Waals surface area contributed by atoms with E-state index >= 15 is 0 Å². The summed E-state index contributed by atoms with van der Waals surface area (Å²) >= 11 is 0. The molecular weight excluding hydrogens is 691 g/mol. The highest BCUT2D eigenvalue weighted by molar-refractivity contribution is 5.96. The Bertz CT molecular complexity index is 1130. The molecule has 6 N–H and O–H groups in total. The molecule has 1 fully saturated rings. The second-order valence-corrected chi connectivity index (χ2v) is 16.6. The van der Waals surface area contributed by atoms with Gasteiger partial charge in [-0.2, -0.15) is 0 Å². The van der Waals surface area contributed by atoms with Crippen LogP contribution >= 0.6 is 0 Å². The van der Waals surface area contributed by atoms with Crippen LogP contribution in [-0.2, 0) is 16.0 Å². The Morgan fingerprint density at radius 1 is 0.764 bits per heavy atom. The van der Waals surface area contributed by atoms with Crippen molar-refractivity contribution in [2.75, 3.05) is 13.2 Å². The molecule has 0 spiro atoms. The third-order valence-corrected chi connectivity index (χ3v) is 11.4. The predicted octanol–water partition coefficient (Wildman–Crippen LogP) is 9.47. The van der Waals surface area contributed by atoms with Crippen molar-refractivity contribution in [3.05, 3.63) is 35.4 Å². The van der Waals surface area contributed by atoms with Crippen molar-refractivity contribution in [1.82, 2.24) is 10.2 Å². The zero-order valence-corrected chi connectivity index (χ0v) is 35.4. The Labute approximate surface area is 335 Å². The van der Waals surface area contributed by atoms with Gasteiger partial charge in [-0.25, -0.2) is 0 Å². The fraction of sp³-hybridized carbons (Fsp3) is 0.826. The van der Waals surface area contributed by atoms with Crippen molar-refractivity contribution < 1.29 is 29.6 Å². The number of amides is 2. The van der Waals surface area contributed by atoms with E-state index in [2.05, 4.69) is 19.2 Å². The first kappa shape index (κ1) is 49.1. The quantitative estimate of drug-likeness (QED) is 0.0354.